The second kappa shape index (κ2) is 6.25. The predicted molar refractivity (Wildman–Crippen MR) is 80.1 cm³/mol. The summed E-state index contributed by atoms with van der Waals surface area (Å²) in [5.41, 5.74) is 0. The standard InChI is InChI=1S/C16H21OSi.Ti/c1-4-13-17-15-11-7-8-12-16(15)18(2,3)14-9-5-6-10-14;/h5,7-9,11-12H,4,6,13H2,1-3H3;. The van der Waals surface area contributed by atoms with Gasteiger partial charge in [0.1, 0.15) is 0 Å². The molecule has 1 aliphatic rings. The SMILES string of the molecule is CCCOc1ccccc1[Si](C)(C)C1=[C]([Ti])CC=C1. The van der Waals surface area contributed by atoms with Crippen molar-refractivity contribution < 1.29 is 25.2 Å². The van der Waals surface area contributed by atoms with Crippen LogP contribution in [0.15, 0.2) is 45.5 Å². The van der Waals surface area contributed by atoms with E-state index >= 15 is 0 Å². The molecule has 0 saturated carbocycles. The summed E-state index contributed by atoms with van der Waals surface area (Å²) in [4.78, 5) is 0. The molecule has 0 aromatic heterocycles. The van der Waals surface area contributed by atoms with Crippen molar-refractivity contribution in [2.45, 2.75) is 32.9 Å². The van der Waals surface area contributed by atoms with Crippen LogP contribution >= 0.6 is 0 Å². The molecule has 0 fully saturated rings. The average molecular weight is 305 g/mol. The fraction of sp³-hybridized carbons (Fsp3) is 0.375. The van der Waals surface area contributed by atoms with Crippen LogP contribution in [-0.2, 0) is 20.4 Å². The van der Waals surface area contributed by atoms with E-state index < -0.39 is 8.07 Å². The zero-order valence-corrected chi connectivity index (χ0v) is 14.6. The van der Waals surface area contributed by atoms with E-state index in [1.54, 1.807) is 5.20 Å². The van der Waals surface area contributed by atoms with Crippen LogP contribution in [0.1, 0.15) is 19.8 Å². The summed E-state index contributed by atoms with van der Waals surface area (Å²) in [6.45, 7) is 7.80. The molecule has 99 valence electrons. The number of ether oxygens (including phenoxy) is 1. The van der Waals surface area contributed by atoms with Crippen molar-refractivity contribution in [2.24, 2.45) is 0 Å². The average Bonchev–Trinajstić information content (AvgIpc) is 2.83. The Morgan fingerprint density at radius 3 is 2.63 bits per heavy atom. The van der Waals surface area contributed by atoms with Crippen molar-refractivity contribution in [1.82, 2.24) is 0 Å². The molecule has 2 rings (SSSR count). The Labute approximate surface area is 129 Å². The number of rotatable bonds is 5. The van der Waals surface area contributed by atoms with Gasteiger partial charge in [0.05, 0.1) is 0 Å². The van der Waals surface area contributed by atoms with Gasteiger partial charge >= 0.3 is 129 Å². The van der Waals surface area contributed by atoms with Gasteiger partial charge in [0.25, 0.3) is 0 Å². The molecule has 0 aliphatic heterocycles. The van der Waals surface area contributed by atoms with E-state index in [1.807, 2.05) is 0 Å². The third kappa shape index (κ3) is 3.13. The molecule has 0 heterocycles. The van der Waals surface area contributed by atoms with Gasteiger partial charge in [0, 0.05) is 0 Å². The van der Waals surface area contributed by atoms with Gasteiger partial charge in [-0.15, -0.1) is 0 Å². The summed E-state index contributed by atoms with van der Waals surface area (Å²) in [5.74, 6) is 1.08. The molecule has 0 unspecified atom stereocenters. The van der Waals surface area contributed by atoms with Crippen LogP contribution < -0.4 is 9.92 Å². The summed E-state index contributed by atoms with van der Waals surface area (Å²) in [6.07, 6.45) is 6.79. The zero-order chi connectivity index (χ0) is 13.9. The van der Waals surface area contributed by atoms with Gasteiger partial charge in [-0.25, -0.2) is 0 Å². The first-order valence-corrected chi connectivity index (χ1v) is 10.7. The van der Waals surface area contributed by atoms with Crippen LogP contribution in [0.3, 0.4) is 0 Å². The van der Waals surface area contributed by atoms with E-state index in [4.69, 9.17) is 4.74 Å². The van der Waals surface area contributed by atoms with Gasteiger partial charge in [-0.1, -0.05) is 0 Å². The molecule has 19 heavy (non-hydrogen) atoms. The number of hydrogen-bond acceptors (Lipinski definition) is 1. The van der Waals surface area contributed by atoms with Gasteiger partial charge in [-0.3, -0.25) is 0 Å². The molecule has 0 spiro atoms. The van der Waals surface area contributed by atoms with Crippen LogP contribution in [0.4, 0.5) is 0 Å². The number of benzene rings is 1. The Morgan fingerprint density at radius 2 is 2.00 bits per heavy atom. The van der Waals surface area contributed by atoms with Crippen molar-refractivity contribution in [3.8, 4) is 5.75 Å². The molecular formula is C16H21OSiTi. The summed E-state index contributed by atoms with van der Waals surface area (Å²) >= 11 is 2.26. The van der Waals surface area contributed by atoms with Gasteiger partial charge < -0.3 is 0 Å². The van der Waals surface area contributed by atoms with Crippen molar-refractivity contribution in [2.75, 3.05) is 6.61 Å². The third-order valence-corrected chi connectivity index (χ3v) is 8.33. The molecule has 3 heteroatoms. The zero-order valence-electron chi connectivity index (χ0n) is 12.0. The van der Waals surface area contributed by atoms with E-state index in [-0.39, 0.29) is 0 Å². The van der Waals surface area contributed by atoms with Crippen LogP contribution in [0, 0.1) is 0 Å². The van der Waals surface area contributed by atoms with E-state index in [0.717, 1.165) is 25.2 Å². The first-order valence-electron chi connectivity index (χ1n) is 6.91. The second-order valence-corrected chi connectivity index (χ2v) is 10.7. The molecule has 0 atom stereocenters. The van der Waals surface area contributed by atoms with E-state index in [2.05, 4.69) is 76.9 Å². The van der Waals surface area contributed by atoms with Gasteiger partial charge in [-0.2, -0.15) is 0 Å². The Hall–Kier alpha value is -0.569. The topological polar surface area (TPSA) is 9.23 Å². The number of para-hydroxylation sites is 1. The molecule has 0 saturated heterocycles. The van der Waals surface area contributed by atoms with Crippen molar-refractivity contribution in [3.05, 3.63) is 45.5 Å². The van der Waals surface area contributed by atoms with Gasteiger partial charge in [0.2, 0.25) is 0 Å². The van der Waals surface area contributed by atoms with Gasteiger partial charge in [0.15, 0.2) is 0 Å². The van der Waals surface area contributed by atoms with Crippen LogP contribution in [0.2, 0.25) is 13.1 Å². The monoisotopic (exact) mass is 305 g/mol. The van der Waals surface area contributed by atoms with Crippen LogP contribution in [-0.4, -0.2) is 14.7 Å². The minimum absolute atomic E-state index is 0.801. The molecule has 1 aromatic rings. The second-order valence-electron chi connectivity index (χ2n) is 5.47. The van der Waals surface area contributed by atoms with E-state index in [9.17, 15) is 0 Å². The van der Waals surface area contributed by atoms with Crippen molar-refractivity contribution >= 4 is 13.3 Å². The molecule has 1 aromatic carbocycles. The molecule has 0 amide bonds. The van der Waals surface area contributed by atoms with Crippen molar-refractivity contribution in [1.29, 1.82) is 0 Å². The van der Waals surface area contributed by atoms with Crippen LogP contribution in [0.25, 0.3) is 0 Å². The predicted octanol–water partition coefficient (Wildman–Crippen LogP) is 3.69. The van der Waals surface area contributed by atoms with E-state index in [1.165, 1.54) is 9.06 Å². The number of allylic oxidation sites excluding steroid dienone is 4. The first-order chi connectivity index (χ1) is 9.07. The fourth-order valence-electron chi connectivity index (χ4n) is 2.56. The van der Waals surface area contributed by atoms with E-state index in [0.29, 0.717) is 0 Å². The van der Waals surface area contributed by atoms with Gasteiger partial charge in [-0.05, 0) is 0 Å². The Kier molecular flexibility index (Phi) is 4.88. The molecule has 0 bridgehead atoms. The fourth-order valence-corrected chi connectivity index (χ4v) is 7.30. The Morgan fingerprint density at radius 1 is 1.26 bits per heavy atom. The van der Waals surface area contributed by atoms with Crippen LogP contribution in [0.5, 0.6) is 5.75 Å². The molecule has 0 radical (unpaired) electrons. The molecular weight excluding hydrogens is 284 g/mol. The maximum atomic E-state index is 5.96. The minimum atomic E-state index is -1.64. The summed E-state index contributed by atoms with van der Waals surface area (Å²) in [6, 6.07) is 8.58. The maximum absolute atomic E-state index is 5.96. The molecule has 1 nitrogen and oxygen atoms in total. The summed E-state index contributed by atoms with van der Waals surface area (Å²) < 4.78 is 7.49. The molecule has 1 aliphatic carbocycles. The Balaban J connectivity index is 2.40. The Bertz CT molecular complexity index is 517. The normalized spacial score (nSPS) is 15.1. The van der Waals surface area contributed by atoms with Crippen molar-refractivity contribution in [3.63, 3.8) is 0 Å². The quantitative estimate of drug-likeness (QED) is 0.754. The summed E-state index contributed by atoms with van der Waals surface area (Å²) in [7, 11) is -1.64. The molecule has 0 N–H and O–H groups in total. The summed E-state index contributed by atoms with van der Waals surface area (Å²) in [5, 5.41) is 2.99. The first kappa shape index (κ1) is 14.8. The number of hydrogen-bond donors (Lipinski definition) is 0. The third-order valence-electron chi connectivity index (χ3n) is 3.63.